The van der Waals surface area contributed by atoms with Crippen molar-refractivity contribution in [3.05, 3.63) is 90.1 Å². The third-order valence-electron chi connectivity index (χ3n) is 10.0. The topological polar surface area (TPSA) is 8.29 Å². The summed E-state index contributed by atoms with van der Waals surface area (Å²) < 4.78 is 4.98. The van der Waals surface area contributed by atoms with Crippen LogP contribution in [0.4, 0.5) is 0 Å². The normalized spacial score (nSPS) is 12.7. The van der Waals surface area contributed by atoms with Gasteiger partial charge in [0.2, 0.25) is 5.52 Å². The first-order valence-corrected chi connectivity index (χ1v) is 17.2. The highest BCUT2D eigenvalue weighted by Crippen LogP contribution is 2.42. The highest BCUT2D eigenvalue weighted by atomic mass is 28.3. The first kappa shape index (κ1) is 24.4. The van der Waals surface area contributed by atoms with Crippen molar-refractivity contribution in [2.75, 3.05) is 0 Å². The minimum Gasteiger partial charge on any atom is -0.307 e. The fraction of sp³-hybridized carbons (Fsp3) is 0.250. The van der Waals surface area contributed by atoms with Crippen LogP contribution in [0.1, 0.15) is 31.9 Å². The van der Waals surface area contributed by atoms with Crippen LogP contribution < -0.4 is 9.75 Å². The number of aromatic nitrogens is 2. The molecule has 0 amide bonds. The lowest BCUT2D eigenvalue weighted by Crippen LogP contribution is -2.45. The fourth-order valence-electron chi connectivity index (χ4n) is 7.38. The molecule has 0 fully saturated rings. The monoisotopic (exact) mass is 525 g/mol. The summed E-state index contributed by atoms with van der Waals surface area (Å²) in [5.74, 6) is 0. The summed E-state index contributed by atoms with van der Waals surface area (Å²) in [6.45, 7) is 11.8. The van der Waals surface area contributed by atoms with Crippen molar-refractivity contribution in [1.82, 2.24) is 4.40 Å². The lowest BCUT2D eigenvalue weighted by atomic mass is 9.96. The molecular weight excluding hydrogens is 488 g/mol. The van der Waals surface area contributed by atoms with Gasteiger partial charge in [0.25, 0.3) is 0 Å². The zero-order valence-electron chi connectivity index (χ0n) is 24.0. The van der Waals surface area contributed by atoms with Crippen LogP contribution in [0.15, 0.2) is 79.0 Å². The van der Waals surface area contributed by atoms with Crippen molar-refractivity contribution in [2.24, 2.45) is 7.05 Å². The van der Waals surface area contributed by atoms with Gasteiger partial charge in [-0.3, -0.25) is 0 Å². The molecule has 3 aromatic heterocycles. The van der Waals surface area contributed by atoms with Gasteiger partial charge in [-0.25, -0.2) is 4.57 Å². The zero-order valence-corrected chi connectivity index (χ0v) is 25.0. The van der Waals surface area contributed by atoms with Crippen LogP contribution >= 0.6 is 0 Å². The Morgan fingerprint density at radius 1 is 0.718 bits per heavy atom. The average Bonchev–Trinajstić information content (AvgIpc) is 3.29. The molecule has 7 aromatic rings. The third kappa shape index (κ3) is 3.23. The molecule has 0 bridgehead atoms. The number of rotatable bonds is 5. The molecule has 0 saturated heterocycles. The Kier molecular flexibility index (Phi) is 5.41. The van der Waals surface area contributed by atoms with E-state index in [1.165, 1.54) is 89.4 Å². The standard InChI is InChI=1S/C36H37N2Si/c1-7-39(8-2,9-3)28-20-27-17-18-37(6)36-33-24(5)23(4)19-30-29-16-15-26(25-13-11-10-12-14-25)21-31(29)38(35(30)33)32(22-28)34(27)36/h10-22H,7-9H2,1-6H3/q+1. The first-order valence-electron chi connectivity index (χ1n) is 14.5. The number of hydrogen-bond acceptors (Lipinski definition) is 0. The Hall–Kier alpha value is -3.69. The molecule has 0 atom stereocenters. The summed E-state index contributed by atoms with van der Waals surface area (Å²) in [7, 11) is 0.627. The zero-order chi connectivity index (χ0) is 27.1. The molecule has 0 N–H and O–H groups in total. The van der Waals surface area contributed by atoms with E-state index in [1.807, 2.05) is 0 Å². The summed E-state index contributed by atoms with van der Waals surface area (Å²) in [4.78, 5) is 0. The highest BCUT2D eigenvalue weighted by molar-refractivity contribution is 6.92. The molecule has 4 aromatic carbocycles. The maximum absolute atomic E-state index is 2.62. The maximum Gasteiger partial charge on any atom is 0.224 e. The van der Waals surface area contributed by atoms with Crippen LogP contribution in [-0.2, 0) is 7.05 Å². The van der Waals surface area contributed by atoms with Gasteiger partial charge in [0.1, 0.15) is 7.05 Å². The van der Waals surface area contributed by atoms with E-state index in [1.54, 1.807) is 5.19 Å². The van der Waals surface area contributed by atoms with Gasteiger partial charge < -0.3 is 4.40 Å². The van der Waals surface area contributed by atoms with E-state index in [-0.39, 0.29) is 0 Å². The largest absolute Gasteiger partial charge is 0.307 e. The second-order valence-corrected chi connectivity index (χ2v) is 16.9. The molecule has 7 rings (SSSR count). The number of hydrogen-bond donors (Lipinski definition) is 0. The predicted octanol–water partition coefficient (Wildman–Crippen LogP) is 8.81. The number of benzene rings is 4. The van der Waals surface area contributed by atoms with Crippen molar-refractivity contribution in [2.45, 2.75) is 52.8 Å². The Balaban J connectivity index is 1.78. The predicted molar refractivity (Wildman–Crippen MR) is 172 cm³/mol. The summed E-state index contributed by atoms with van der Waals surface area (Å²) in [6, 6.07) is 31.7. The summed E-state index contributed by atoms with van der Waals surface area (Å²) >= 11 is 0. The van der Waals surface area contributed by atoms with E-state index in [2.05, 4.69) is 130 Å². The van der Waals surface area contributed by atoms with Crippen LogP contribution in [0.3, 0.4) is 0 Å². The van der Waals surface area contributed by atoms with Gasteiger partial charge in [0, 0.05) is 16.8 Å². The van der Waals surface area contributed by atoms with Crippen LogP contribution in [0, 0.1) is 13.8 Å². The minimum atomic E-state index is -1.59. The summed E-state index contributed by atoms with van der Waals surface area (Å²) in [6.07, 6.45) is 2.28. The second-order valence-electron chi connectivity index (χ2n) is 11.6. The third-order valence-corrected chi connectivity index (χ3v) is 15.6. The Bertz CT molecular complexity index is 2040. The molecule has 39 heavy (non-hydrogen) atoms. The quantitative estimate of drug-likeness (QED) is 0.0918. The molecule has 3 heteroatoms. The lowest BCUT2D eigenvalue weighted by molar-refractivity contribution is -0.643. The number of fused-ring (bicyclic) bond motifs is 5. The van der Waals surface area contributed by atoms with E-state index in [0.29, 0.717) is 0 Å². The van der Waals surface area contributed by atoms with Crippen molar-refractivity contribution in [3.8, 4) is 11.1 Å². The molecule has 2 nitrogen and oxygen atoms in total. The van der Waals surface area contributed by atoms with Gasteiger partial charge >= 0.3 is 0 Å². The van der Waals surface area contributed by atoms with E-state index in [4.69, 9.17) is 0 Å². The van der Waals surface area contributed by atoms with Gasteiger partial charge in [-0.15, -0.1) is 0 Å². The van der Waals surface area contributed by atoms with E-state index in [0.717, 1.165) is 0 Å². The van der Waals surface area contributed by atoms with Crippen molar-refractivity contribution in [3.63, 3.8) is 0 Å². The molecule has 3 heterocycles. The van der Waals surface area contributed by atoms with Crippen LogP contribution in [-0.4, -0.2) is 12.5 Å². The second kappa shape index (κ2) is 8.66. The molecular formula is C36H37N2Si+. The van der Waals surface area contributed by atoms with Crippen LogP contribution in [0.2, 0.25) is 18.1 Å². The minimum absolute atomic E-state index is 1.26. The lowest BCUT2D eigenvalue weighted by Gasteiger charge is -2.29. The Morgan fingerprint density at radius 3 is 2.18 bits per heavy atom. The molecule has 0 unspecified atom stereocenters. The maximum atomic E-state index is 2.62. The van der Waals surface area contributed by atoms with Gasteiger partial charge in [0.15, 0.2) is 6.20 Å². The number of aryl methyl sites for hydroxylation is 3. The smallest absolute Gasteiger partial charge is 0.224 e. The van der Waals surface area contributed by atoms with Gasteiger partial charge in [-0.2, -0.15) is 0 Å². The molecule has 0 aliphatic heterocycles. The molecule has 0 aliphatic rings. The first-order chi connectivity index (χ1) is 18.9. The molecule has 0 radical (unpaired) electrons. The summed E-state index contributed by atoms with van der Waals surface area (Å²) in [5, 5.41) is 8.47. The van der Waals surface area contributed by atoms with Gasteiger partial charge in [-0.1, -0.05) is 92.6 Å². The van der Waals surface area contributed by atoms with Gasteiger partial charge in [-0.05, 0) is 59.7 Å². The molecule has 194 valence electrons. The highest BCUT2D eigenvalue weighted by Gasteiger charge is 2.32. The van der Waals surface area contributed by atoms with Crippen molar-refractivity contribution >= 4 is 62.3 Å². The van der Waals surface area contributed by atoms with Crippen LogP contribution in [0.25, 0.3) is 60.1 Å². The van der Waals surface area contributed by atoms with E-state index >= 15 is 0 Å². The Morgan fingerprint density at radius 2 is 1.46 bits per heavy atom. The van der Waals surface area contributed by atoms with E-state index in [9.17, 15) is 0 Å². The average molecular weight is 526 g/mol. The van der Waals surface area contributed by atoms with Gasteiger partial charge in [0.05, 0.1) is 35.4 Å². The number of nitrogens with zero attached hydrogens (tertiary/aromatic N) is 2. The fourth-order valence-corrected chi connectivity index (χ4v) is 11.0. The summed E-state index contributed by atoms with van der Waals surface area (Å²) in [5.41, 5.74) is 10.7. The van der Waals surface area contributed by atoms with Crippen LogP contribution in [0.5, 0.6) is 0 Å². The molecule has 0 aliphatic carbocycles. The van der Waals surface area contributed by atoms with Crippen molar-refractivity contribution in [1.29, 1.82) is 0 Å². The SMILES string of the molecule is CC[Si](CC)(CC)c1cc2cc[n+](C)c3c4c(C)c(C)cc5c6ccc(-c7ccccc7)cc6n(c(c1)c23)c54. The van der Waals surface area contributed by atoms with E-state index < -0.39 is 8.07 Å². The number of pyridine rings is 2. The molecule has 0 saturated carbocycles. The Labute approximate surface area is 231 Å². The molecule has 0 spiro atoms. The van der Waals surface area contributed by atoms with Crippen molar-refractivity contribution < 1.29 is 4.57 Å².